The molecule has 0 aliphatic heterocycles. The maximum absolute atomic E-state index is 12.0. The van der Waals surface area contributed by atoms with Crippen molar-refractivity contribution in [2.45, 2.75) is 26.7 Å². The van der Waals surface area contributed by atoms with E-state index in [1.165, 1.54) is 18.3 Å². The van der Waals surface area contributed by atoms with E-state index in [1.54, 1.807) is 12.1 Å². The Morgan fingerprint density at radius 3 is 2.44 bits per heavy atom. The number of carbonyl (C=O) groups is 2. The lowest BCUT2D eigenvalue weighted by molar-refractivity contribution is -0.124. The van der Waals surface area contributed by atoms with E-state index in [4.69, 9.17) is 0 Å². The minimum atomic E-state index is -0.342. The molecule has 25 heavy (non-hydrogen) atoms. The molecule has 0 aliphatic carbocycles. The van der Waals surface area contributed by atoms with Crippen LogP contribution in [-0.4, -0.2) is 23.1 Å². The van der Waals surface area contributed by atoms with Crippen molar-refractivity contribution in [2.75, 3.05) is 5.32 Å². The van der Waals surface area contributed by atoms with Crippen LogP contribution in [-0.2, 0) is 9.59 Å². The summed E-state index contributed by atoms with van der Waals surface area (Å²) >= 11 is 0. The number of aryl methyl sites for hydroxylation is 1. The SMILES string of the molecule is Cc1cccc(NC(=O)CCC(=O)NN=Cc2ccc(O)cc2)c1C. The molecule has 0 saturated heterocycles. The van der Waals surface area contributed by atoms with Gasteiger partial charge in [-0.05, 0) is 60.9 Å². The van der Waals surface area contributed by atoms with Gasteiger partial charge in [-0.25, -0.2) is 5.43 Å². The summed E-state index contributed by atoms with van der Waals surface area (Å²) < 4.78 is 0. The number of amides is 2. The fourth-order valence-corrected chi connectivity index (χ4v) is 2.12. The first-order valence-corrected chi connectivity index (χ1v) is 7.92. The fourth-order valence-electron chi connectivity index (χ4n) is 2.12. The second-order valence-electron chi connectivity index (χ2n) is 5.68. The molecule has 0 unspecified atom stereocenters. The molecule has 2 amide bonds. The third-order valence-electron chi connectivity index (χ3n) is 3.75. The first kappa shape index (κ1) is 18.2. The van der Waals surface area contributed by atoms with Crippen LogP contribution in [0.25, 0.3) is 0 Å². The van der Waals surface area contributed by atoms with E-state index in [2.05, 4.69) is 15.8 Å². The van der Waals surface area contributed by atoms with Crippen molar-refractivity contribution < 1.29 is 14.7 Å². The summed E-state index contributed by atoms with van der Waals surface area (Å²) in [5.41, 5.74) is 5.98. The molecule has 0 spiro atoms. The van der Waals surface area contributed by atoms with Crippen molar-refractivity contribution in [3.8, 4) is 5.75 Å². The zero-order valence-electron chi connectivity index (χ0n) is 14.2. The van der Waals surface area contributed by atoms with E-state index in [-0.39, 0.29) is 30.4 Å². The van der Waals surface area contributed by atoms with Crippen LogP contribution in [0.15, 0.2) is 47.6 Å². The zero-order chi connectivity index (χ0) is 18.2. The number of benzene rings is 2. The number of rotatable bonds is 6. The number of carbonyl (C=O) groups excluding carboxylic acids is 2. The summed E-state index contributed by atoms with van der Waals surface area (Å²) in [7, 11) is 0. The Kier molecular flexibility index (Phi) is 6.28. The molecule has 0 heterocycles. The standard InChI is InChI=1S/C19H21N3O3/c1-13-4-3-5-17(14(13)2)21-18(24)10-11-19(25)22-20-12-15-6-8-16(23)9-7-15/h3-9,12,23H,10-11H2,1-2H3,(H,21,24)(H,22,25). The molecule has 0 aliphatic rings. The van der Waals surface area contributed by atoms with Gasteiger partial charge >= 0.3 is 0 Å². The largest absolute Gasteiger partial charge is 0.508 e. The number of hydrazone groups is 1. The third-order valence-corrected chi connectivity index (χ3v) is 3.75. The smallest absolute Gasteiger partial charge is 0.240 e. The molecule has 3 N–H and O–H groups in total. The van der Waals surface area contributed by atoms with Gasteiger partial charge in [0, 0.05) is 18.5 Å². The summed E-state index contributed by atoms with van der Waals surface area (Å²) in [6.45, 7) is 3.92. The van der Waals surface area contributed by atoms with Gasteiger partial charge in [0.05, 0.1) is 6.21 Å². The van der Waals surface area contributed by atoms with Crippen LogP contribution in [0.1, 0.15) is 29.5 Å². The molecule has 6 nitrogen and oxygen atoms in total. The number of phenolic OH excluding ortho intramolecular Hbond substituents is 1. The summed E-state index contributed by atoms with van der Waals surface area (Å²) in [5.74, 6) is -0.395. The second-order valence-corrected chi connectivity index (χ2v) is 5.68. The Morgan fingerprint density at radius 2 is 1.72 bits per heavy atom. The van der Waals surface area contributed by atoms with E-state index < -0.39 is 0 Å². The highest BCUT2D eigenvalue weighted by Crippen LogP contribution is 2.18. The molecular weight excluding hydrogens is 318 g/mol. The number of nitrogens with zero attached hydrogens (tertiary/aromatic N) is 1. The van der Waals surface area contributed by atoms with Crippen LogP contribution < -0.4 is 10.7 Å². The Labute approximate surface area is 146 Å². The van der Waals surface area contributed by atoms with Gasteiger partial charge in [-0.2, -0.15) is 5.10 Å². The van der Waals surface area contributed by atoms with Gasteiger partial charge in [0.2, 0.25) is 11.8 Å². The molecule has 0 radical (unpaired) electrons. The minimum absolute atomic E-state index is 0.0453. The fraction of sp³-hybridized carbons (Fsp3) is 0.211. The zero-order valence-corrected chi connectivity index (χ0v) is 14.2. The van der Waals surface area contributed by atoms with Crippen molar-refractivity contribution in [1.29, 1.82) is 0 Å². The monoisotopic (exact) mass is 339 g/mol. The van der Waals surface area contributed by atoms with E-state index in [1.807, 2.05) is 32.0 Å². The van der Waals surface area contributed by atoms with Crippen LogP contribution in [0.5, 0.6) is 5.75 Å². The van der Waals surface area contributed by atoms with Crippen LogP contribution in [0.2, 0.25) is 0 Å². The summed E-state index contributed by atoms with van der Waals surface area (Å²) in [4.78, 5) is 23.7. The lowest BCUT2D eigenvalue weighted by Crippen LogP contribution is -2.21. The van der Waals surface area contributed by atoms with Gasteiger partial charge in [-0.3, -0.25) is 9.59 Å². The van der Waals surface area contributed by atoms with Crippen molar-refractivity contribution in [2.24, 2.45) is 5.10 Å². The van der Waals surface area contributed by atoms with Gasteiger partial charge in [-0.1, -0.05) is 12.1 Å². The average Bonchev–Trinajstić information content (AvgIpc) is 2.59. The van der Waals surface area contributed by atoms with Crippen molar-refractivity contribution in [3.05, 3.63) is 59.2 Å². The molecule has 2 rings (SSSR count). The van der Waals surface area contributed by atoms with Crippen LogP contribution in [0.4, 0.5) is 5.69 Å². The second kappa shape index (κ2) is 8.63. The highest BCUT2D eigenvalue weighted by molar-refractivity contribution is 5.94. The Morgan fingerprint density at radius 1 is 1.04 bits per heavy atom. The Bertz CT molecular complexity index is 783. The molecule has 6 heteroatoms. The molecular formula is C19H21N3O3. The lowest BCUT2D eigenvalue weighted by atomic mass is 10.1. The van der Waals surface area contributed by atoms with Crippen molar-refractivity contribution >= 4 is 23.7 Å². The molecule has 0 bridgehead atoms. The predicted molar refractivity (Wildman–Crippen MR) is 97.6 cm³/mol. The van der Waals surface area contributed by atoms with Crippen LogP contribution in [0.3, 0.4) is 0 Å². The Hall–Kier alpha value is -3.15. The van der Waals surface area contributed by atoms with Crippen molar-refractivity contribution in [3.63, 3.8) is 0 Å². The molecule has 0 saturated carbocycles. The molecule has 0 fully saturated rings. The maximum Gasteiger partial charge on any atom is 0.240 e. The molecule has 130 valence electrons. The van der Waals surface area contributed by atoms with E-state index in [0.717, 1.165) is 22.4 Å². The highest BCUT2D eigenvalue weighted by Gasteiger charge is 2.08. The summed E-state index contributed by atoms with van der Waals surface area (Å²) in [6, 6.07) is 12.1. The van der Waals surface area contributed by atoms with Gasteiger partial charge in [0.15, 0.2) is 0 Å². The van der Waals surface area contributed by atoms with Gasteiger partial charge < -0.3 is 10.4 Å². The minimum Gasteiger partial charge on any atom is -0.508 e. The first-order valence-electron chi connectivity index (χ1n) is 7.92. The molecule has 0 atom stereocenters. The Balaban J connectivity index is 1.76. The predicted octanol–water partition coefficient (Wildman–Crippen LogP) is 2.88. The number of hydrogen-bond donors (Lipinski definition) is 3. The van der Waals surface area contributed by atoms with E-state index in [9.17, 15) is 14.7 Å². The topological polar surface area (TPSA) is 90.8 Å². The lowest BCUT2D eigenvalue weighted by Gasteiger charge is -2.10. The molecule has 0 aromatic heterocycles. The van der Waals surface area contributed by atoms with Crippen LogP contribution >= 0.6 is 0 Å². The quantitative estimate of drug-likeness (QED) is 0.558. The molecule has 2 aromatic rings. The third kappa shape index (κ3) is 5.76. The van der Waals surface area contributed by atoms with Gasteiger partial charge in [0.25, 0.3) is 0 Å². The van der Waals surface area contributed by atoms with Gasteiger partial charge in [0.1, 0.15) is 5.75 Å². The van der Waals surface area contributed by atoms with E-state index in [0.29, 0.717) is 0 Å². The first-order chi connectivity index (χ1) is 12.0. The van der Waals surface area contributed by atoms with E-state index >= 15 is 0 Å². The normalized spacial score (nSPS) is 10.6. The average molecular weight is 339 g/mol. The van der Waals surface area contributed by atoms with Crippen molar-refractivity contribution in [1.82, 2.24) is 5.43 Å². The highest BCUT2D eigenvalue weighted by atomic mass is 16.3. The van der Waals surface area contributed by atoms with Crippen LogP contribution in [0, 0.1) is 13.8 Å². The maximum atomic E-state index is 12.0. The number of anilines is 1. The number of phenols is 1. The van der Waals surface area contributed by atoms with Gasteiger partial charge in [-0.15, -0.1) is 0 Å². The summed E-state index contributed by atoms with van der Waals surface area (Å²) in [5, 5.41) is 15.8. The number of hydrogen-bond acceptors (Lipinski definition) is 4. The number of nitrogens with one attached hydrogen (secondary N) is 2. The molecule has 2 aromatic carbocycles. The summed E-state index contributed by atoms with van der Waals surface area (Å²) in [6.07, 6.45) is 1.59. The number of aromatic hydroxyl groups is 1.